The summed E-state index contributed by atoms with van der Waals surface area (Å²) in [7, 11) is 0. The van der Waals surface area contributed by atoms with Crippen molar-refractivity contribution in [1.29, 1.82) is 0 Å². The van der Waals surface area contributed by atoms with Crippen molar-refractivity contribution in [2.75, 3.05) is 32.7 Å². The van der Waals surface area contributed by atoms with Crippen LogP contribution in [0.3, 0.4) is 0 Å². The summed E-state index contributed by atoms with van der Waals surface area (Å²) in [6.45, 7) is 4.26. The Hall–Kier alpha value is -3.19. The molecule has 3 fully saturated rings. The third-order valence-corrected chi connectivity index (χ3v) is 8.52. The number of rotatable bonds is 9. The van der Waals surface area contributed by atoms with E-state index in [1.165, 1.54) is 0 Å². The molecular weight excluding hydrogens is 500 g/mol. The first-order valence-corrected chi connectivity index (χ1v) is 13.7. The second-order valence-electron chi connectivity index (χ2n) is 10.5. The number of fused-ring (bicyclic) bond motifs is 3. The second kappa shape index (κ2) is 11.3. The topological polar surface area (TPSA) is 75.6 Å². The molecular formula is C31H34ClN2O4+. The first-order valence-electron chi connectivity index (χ1n) is 13.3. The highest BCUT2D eigenvalue weighted by Gasteiger charge is 2.50. The molecule has 198 valence electrons. The number of halogens is 1. The van der Waals surface area contributed by atoms with E-state index in [-0.39, 0.29) is 12.0 Å². The van der Waals surface area contributed by atoms with Crippen LogP contribution in [-0.2, 0) is 15.1 Å². The predicted molar refractivity (Wildman–Crippen MR) is 147 cm³/mol. The number of carbonyl (C=O) groups excluding carboxylic acids is 2. The van der Waals surface area contributed by atoms with Crippen molar-refractivity contribution < 1.29 is 23.9 Å². The summed E-state index contributed by atoms with van der Waals surface area (Å²) in [5.41, 5.74) is -0.398. The van der Waals surface area contributed by atoms with Gasteiger partial charge in [-0.15, -0.1) is 0 Å². The van der Waals surface area contributed by atoms with Crippen LogP contribution >= 0.6 is 11.6 Å². The summed E-state index contributed by atoms with van der Waals surface area (Å²) in [6, 6.07) is 25.1. The van der Waals surface area contributed by atoms with Gasteiger partial charge in [0.15, 0.2) is 6.10 Å². The summed E-state index contributed by atoms with van der Waals surface area (Å²) in [6.07, 6.45) is 2.54. The second-order valence-corrected chi connectivity index (χ2v) is 10.9. The lowest BCUT2D eigenvalue weighted by molar-refractivity contribution is -0.946. The van der Waals surface area contributed by atoms with Crippen LogP contribution in [0, 0.1) is 5.92 Å². The average molecular weight is 534 g/mol. The Kier molecular flexibility index (Phi) is 7.84. The third kappa shape index (κ3) is 5.35. The van der Waals surface area contributed by atoms with Crippen LogP contribution in [0.2, 0.25) is 5.02 Å². The molecule has 2 N–H and O–H groups in total. The number of esters is 1. The first-order chi connectivity index (χ1) is 18.4. The number of nitrogens with one attached hydrogen (secondary N) is 1. The van der Waals surface area contributed by atoms with Crippen LogP contribution in [0.25, 0.3) is 0 Å². The Morgan fingerprint density at radius 3 is 2.11 bits per heavy atom. The molecule has 3 saturated heterocycles. The highest BCUT2D eigenvalue weighted by Crippen LogP contribution is 2.38. The molecule has 0 aliphatic carbocycles. The number of ether oxygens (including phenoxy) is 1. The maximum atomic E-state index is 13.7. The van der Waals surface area contributed by atoms with E-state index in [2.05, 4.69) is 5.32 Å². The molecule has 6 rings (SSSR count). The highest BCUT2D eigenvalue weighted by molar-refractivity contribution is 6.33. The molecule has 0 spiro atoms. The van der Waals surface area contributed by atoms with Crippen LogP contribution in [0.5, 0.6) is 0 Å². The molecule has 3 heterocycles. The molecule has 0 aromatic heterocycles. The molecule has 2 bridgehead atoms. The number of benzene rings is 3. The van der Waals surface area contributed by atoms with E-state index in [9.17, 15) is 14.7 Å². The number of aliphatic hydroxyl groups is 1. The van der Waals surface area contributed by atoms with Crippen LogP contribution in [0.4, 0.5) is 0 Å². The van der Waals surface area contributed by atoms with E-state index < -0.39 is 11.6 Å². The number of quaternary nitrogens is 1. The number of amides is 1. The lowest BCUT2D eigenvalue weighted by atomic mass is 9.82. The molecule has 0 saturated carbocycles. The minimum atomic E-state index is -1.87. The van der Waals surface area contributed by atoms with Crippen molar-refractivity contribution in [3.8, 4) is 0 Å². The van der Waals surface area contributed by atoms with Gasteiger partial charge >= 0.3 is 5.97 Å². The van der Waals surface area contributed by atoms with Crippen molar-refractivity contribution in [3.05, 3.63) is 107 Å². The monoisotopic (exact) mass is 533 g/mol. The van der Waals surface area contributed by atoms with Crippen molar-refractivity contribution in [2.24, 2.45) is 5.92 Å². The highest BCUT2D eigenvalue weighted by atomic mass is 35.5. The largest absolute Gasteiger partial charge is 0.453 e. The number of hydrogen-bond acceptors (Lipinski definition) is 4. The number of hydrogen-bond donors (Lipinski definition) is 2. The fraction of sp³-hybridized carbons (Fsp3) is 0.355. The molecule has 38 heavy (non-hydrogen) atoms. The fourth-order valence-electron chi connectivity index (χ4n) is 6.01. The molecule has 1 amide bonds. The Bertz CT molecular complexity index is 1220. The van der Waals surface area contributed by atoms with E-state index in [1.54, 1.807) is 48.5 Å². The quantitative estimate of drug-likeness (QED) is 0.240. The third-order valence-electron chi connectivity index (χ3n) is 8.19. The molecule has 3 aliphatic heterocycles. The normalized spacial score (nSPS) is 22.6. The van der Waals surface area contributed by atoms with Crippen molar-refractivity contribution in [1.82, 2.24) is 5.32 Å². The minimum absolute atomic E-state index is 0.166. The average Bonchev–Trinajstić information content (AvgIpc) is 2.96. The zero-order chi connectivity index (χ0) is 26.6. The predicted octanol–water partition coefficient (Wildman–Crippen LogP) is 4.55. The summed E-state index contributed by atoms with van der Waals surface area (Å²) in [5.74, 6) is -0.491. The molecule has 1 unspecified atom stereocenters. The van der Waals surface area contributed by atoms with Gasteiger partial charge in [-0.05, 0) is 23.3 Å². The fourth-order valence-corrected chi connectivity index (χ4v) is 6.23. The smallest absolute Gasteiger partial charge is 0.348 e. The standard InChI is InChI=1S/C31H33ClN2O4/c32-27-15-8-7-14-26(27)29(35)33-18-9-19-34-20-16-23(17-21-34)28(22-34)38-30(36)31(37,24-10-3-1-4-11-24)25-12-5-2-6-13-25/h1-8,10-15,23,28,37H,9,16-22H2/p+1. The Morgan fingerprint density at radius 2 is 1.50 bits per heavy atom. The number of nitrogens with zero attached hydrogens (tertiary/aromatic N) is 1. The van der Waals surface area contributed by atoms with Gasteiger partial charge in [0.25, 0.3) is 5.91 Å². The maximum Gasteiger partial charge on any atom is 0.348 e. The Balaban J connectivity index is 1.23. The van der Waals surface area contributed by atoms with E-state index in [0.29, 0.717) is 34.2 Å². The molecule has 1 atom stereocenters. The van der Waals surface area contributed by atoms with Crippen LogP contribution in [0.1, 0.15) is 40.7 Å². The molecule has 3 aliphatic rings. The lowest BCUT2D eigenvalue weighted by Crippen LogP contribution is -2.65. The van der Waals surface area contributed by atoms with Crippen molar-refractivity contribution in [2.45, 2.75) is 31.0 Å². The number of piperidine rings is 3. The summed E-state index contributed by atoms with van der Waals surface area (Å²) < 4.78 is 7.02. The van der Waals surface area contributed by atoms with Crippen LogP contribution < -0.4 is 5.32 Å². The van der Waals surface area contributed by atoms with E-state index >= 15 is 0 Å². The van der Waals surface area contributed by atoms with Gasteiger partial charge in [-0.2, -0.15) is 0 Å². The van der Waals surface area contributed by atoms with Crippen LogP contribution in [-0.4, -0.2) is 60.3 Å². The van der Waals surface area contributed by atoms with Crippen LogP contribution in [0.15, 0.2) is 84.9 Å². The zero-order valence-electron chi connectivity index (χ0n) is 21.4. The molecule has 7 heteroatoms. The molecule has 0 radical (unpaired) electrons. The van der Waals surface area contributed by atoms with Gasteiger partial charge in [-0.1, -0.05) is 84.4 Å². The van der Waals surface area contributed by atoms with E-state index in [4.69, 9.17) is 16.3 Å². The van der Waals surface area contributed by atoms with Gasteiger partial charge < -0.3 is 19.6 Å². The first kappa shape index (κ1) is 26.4. The molecule has 3 aromatic carbocycles. The van der Waals surface area contributed by atoms with E-state index in [1.807, 2.05) is 36.4 Å². The van der Waals surface area contributed by atoms with Gasteiger partial charge in [0.1, 0.15) is 6.54 Å². The Morgan fingerprint density at radius 1 is 0.921 bits per heavy atom. The SMILES string of the molecule is O=C(NCCC[N+]12CCC(CC1)C(OC(=O)C(O)(c1ccccc1)c1ccccc1)C2)c1ccccc1Cl. The summed E-state index contributed by atoms with van der Waals surface area (Å²) in [5, 5.41) is 15.2. The maximum absolute atomic E-state index is 13.7. The summed E-state index contributed by atoms with van der Waals surface area (Å²) in [4.78, 5) is 26.2. The lowest BCUT2D eigenvalue weighted by Gasteiger charge is -2.52. The van der Waals surface area contributed by atoms with Crippen molar-refractivity contribution in [3.63, 3.8) is 0 Å². The molecule has 6 nitrogen and oxygen atoms in total. The Labute approximate surface area is 228 Å². The zero-order valence-corrected chi connectivity index (χ0v) is 22.1. The molecule has 3 aromatic rings. The van der Waals surface area contributed by atoms with E-state index in [0.717, 1.165) is 49.9 Å². The van der Waals surface area contributed by atoms with Crippen molar-refractivity contribution >= 4 is 23.5 Å². The van der Waals surface area contributed by atoms with Gasteiger partial charge in [-0.3, -0.25) is 4.79 Å². The van der Waals surface area contributed by atoms with Gasteiger partial charge in [0.05, 0.1) is 30.2 Å². The van der Waals surface area contributed by atoms with Gasteiger partial charge in [0.2, 0.25) is 5.60 Å². The van der Waals surface area contributed by atoms with Gasteiger partial charge in [0, 0.05) is 31.7 Å². The minimum Gasteiger partial charge on any atom is -0.453 e. The van der Waals surface area contributed by atoms with Gasteiger partial charge in [-0.25, -0.2) is 4.79 Å². The number of carbonyl (C=O) groups is 2. The summed E-state index contributed by atoms with van der Waals surface area (Å²) >= 11 is 6.15.